The minimum Gasteiger partial charge on any atom is -0.465 e. The third kappa shape index (κ3) is 11.5. The first-order chi connectivity index (χ1) is 25.0. The summed E-state index contributed by atoms with van der Waals surface area (Å²) in [6.07, 6.45) is 19.2. The van der Waals surface area contributed by atoms with E-state index in [1.165, 1.54) is 51.4 Å². The second kappa shape index (κ2) is 19.5. The molecule has 5 aliphatic rings. The predicted molar refractivity (Wildman–Crippen MR) is 202 cm³/mol. The van der Waals surface area contributed by atoms with E-state index in [1.54, 1.807) is 0 Å². The lowest BCUT2D eigenvalue weighted by Gasteiger charge is -2.35. The third-order valence-electron chi connectivity index (χ3n) is 14.1. The zero-order chi connectivity index (χ0) is 37.1. The Labute approximate surface area is 314 Å². The van der Waals surface area contributed by atoms with E-state index in [4.69, 9.17) is 14.2 Å². The van der Waals surface area contributed by atoms with E-state index in [1.807, 2.05) is 0 Å². The predicted octanol–water partition coefficient (Wildman–Crippen LogP) is 7.72. The fourth-order valence-electron chi connectivity index (χ4n) is 10.7. The van der Waals surface area contributed by atoms with Crippen molar-refractivity contribution in [3.05, 3.63) is 0 Å². The molecule has 5 saturated carbocycles. The quantitative estimate of drug-likeness (QED) is 0.0619. The van der Waals surface area contributed by atoms with Gasteiger partial charge in [-0.15, -0.1) is 0 Å². The monoisotopic (exact) mass is 729 g/mol. The molecule has 0 spiro atoms. The van der Waals surface area contributed by atoms with Gasteiger partial charge in [-0.3, -0.25) is 19.2 Å². The highest BCUT2D eigenvalue weighted by Gasteiger charge is 2.49. The van der Waals surface area contributed by atoms with Crippen molar-refractivity contribution < 1.29 is 33.4 Å². The second-order valence-corrected chi connectivity index (χ2v) is 18.5. The van der Waals surface area contributed by atoms with Crippen molar-refractivity contribution in [3.8, 4) is 0 Å². The van der Waals surface area contributed by atoms with E-state index in [0.717, 1.165) is 82.7 Å². The van der Waals surface area contributed by atoms with E-state index in [-0.39, 0.29) is 59.2 Å². The Balaban J connectivity index is 1.03. The average Bonchev–Trinajstić information content (AvgIpc) is 3.93. The summed E-state index contributed by atoms with van der Waals surface area (Å²) in [5.74, 6) is 2.66. The zero-order valence-electron chi connectivity index (χ0n) is 33.2. The first-order valence-electron chi connectivity index (χ1n) is 21.5. The van der Waals surface area contributed by atoms with Gasteiger partial charge in [0.2, 0.25) is 0 Å². The van der Waals surface area contributed by atoms with E-state index in [2.05, 4.69) is 38.3 Å². The Morgan fingerprint density at radius 1 is 0.635 bits per heavy atom. The van der Waals surface area contributed by atoms with Crippen molar-refractivity contribution >= 4 is 23.7 Å². The molecule has 0 radical (unpaired) electrons. The molecule has 0 saturated heterocycles. The summed E-state index contributed by atoms with van der Waals surface area (Å²) in [4.78, 5) is 52.3. The smallest absolute Gasteiger partial charge is 0.323 e. The van der Waals surface area contributed by atoms with Gasteiger partial charge in [0.1, 0.15) is 17.9 Å². The maximum atomic E-state index is 13.4. The van der Waals surface area contributed by atoms with Crippen LogP contribution in [-0.4, -0.2) is 68.7 Å². The molecule has 8 unspecified atom stereocenters. The lowest BCUT2D eigenvalue weighted by atomic mass is 9.74. The van der Waals surface area contributed by atoms with Crippen molar-refractivity contribution in [2.45, 2.75) is 168 Å². The van der Waals surface area contributed by atoms with Crippen LogP contribution in [0.5, 0.6) is 0 Å². The van der Waals surface area contributed by atoms with Gasteiger partial charge in [0, 0.05) is 25.9 Å². The lowest BCUT2D eigenvalue weighted by Crippen LogP contribution is -2.46. The van der Waals surface area contributed by atoms with Crippen LogP contribution in [0.3, 0.4) is 0 Å². The largest absolute Gasteiger partial charge is 0.465 e. The maximum absolute atomic E-state index is 13.4. The maximum Gasteiger partial charge on any atom is 0.323 e. The number of Topliss-reactive ketones (excluding diaryl/α,β-unsaturated/α-hetero) is 1. The van der Waals surface area contributed by atoms with Crippen LogP contribution in [0.25, 0.3) is 0 Å². The van der Waals surface area contributed by atoms with E-state index >= 15 is 0 Å². The van der Waals surface area contributed by atoms with Gasteiger partial charge in [0.25, 0.3) is 0 Å². The van der Waals surface area contributed by atoms with Crippen LogP contribution in [0.2, 0.25) is 0 Å². The highest BCUT2D eigenvalue weighted by atomic mass is 16.5. The number of ether oxygens (including phenoxy) is 3. The van der Waals surface area contributed by atoms with E-state index in [0.29, 0.717) is 38.1 Å². The summed E-state index contributed by atoms with van der Waals surface area (Å²) in [7, 11) is 0. The van der Waals surface area contributed by atoms with Crippen molar-refractivity contribution in [1.82, 2.24) is 10.6 Å². The van der Waals surface area contributed by atoms with Crippen molar-refractivity contribution in [2.75, 3.05) is 32.9 Å². The SMILES string of the molecule is CCCCCC(=O)CC(NCC1(C)CC2CCC1C2)C(=O)OCC1CCC(COC(=O)CC(NCC2(C)CC3CCC2C3)C(=O)OCCCC)CC1. The number of hydrogen-bond donors (Lipinski definition) is 2. The Morgan fingerprint density at radius 2 is 1.15 bits per heavy atom. The molecule has 5 fully saturated rings. The molecule has 9 nitrogen and oxygen atoms in total. The minimum absolute atomic E-state index is 0.0167. The van der Waals surface area contributed by atoms with Gasteiger partial charge in [-0.2, -0.15) is 0 Å². The van der Waals surface area contributed by atoms with Crippen LogP contribution in [0, 0.1) is 46.3 Å². The molecule has 5 aliphatic carbocycles. The van der Waals surface area contributed by atoms with Gasteiger partial charge in [-0.05, 0) is 123 Å². The topological polar surface area (TPSA) is 120 Å². The summed E-state index contributed by atoms with van der Waals surface area (Å²) in [6.45, 7) is 11.4. The van der Waals surface area contributed by atoms with Crippen molar-refractivity contribution in [2.24, 2.45) is 46.3 Å². The van der Waals surface area contributed by atoms with Crippen molar-refractivity contribution in [1.29, 1.82) is 0 Å². The molecular formula is C43H72N2O7. The number of nitrogens with one attached hydrogen (secondary N) is 2. The molecule has 4 bridgehead atoms. The van der Waals surface area contributed by atoms with Crippen LogP contribution in [0.4, 0.5) is 0 Å². The second-order valence-electron chi connectivity index (χ2n) is 18.5. The van der Waals surface area contributed by atoms with Crippen LogP contribution >= 0.6 is 0 Å². The summed E-state index contributed by atoms with van der Waals surface area (Å²) >= 11 is 0. The van der Waals surface area contributed by atoms with Crippen LogP contribution < -0.4 is 10.6 Å². The molecule has 9 heteroatoms. The molecule has 2 N–H and O–H groups in total. The Bertz CT molecular complexity index is 1190. The molecular weight excluding hydrogens is 656 g/mol. The van der Waals surface area contributed by atoms with Gasteiger partial charge in [0.05, 0.1) is 26.2 Å². The van der Waals surface area contributed by atoms with Crippen LogP contribution in [0.15, 0.2) is 0 Å². The average molecular weight is 729 g/mol. The minimum atomic E-state index is -0.688. The van der Waals surface area contributed by atoms with Gasteiger partial charge in [-0.25, -0.2) is 0 Å². The van der Waals surface area contributed by atoms with Crippen LogP contribution in [0.1, 0.15) is 156 Å². The molecule has 8 atom stereocenters. The Hall–Kier alpha value is -2.00. The fourth-order valence-corrected chi connectivity index (χ4v) is 10.7. The van der Waals surface area contributed by atoms with Gasteiger partial charge in [0.15, 0.2) is 0 Å². The van der Waals surface area contributed by atoms with Crippen molar-refractivity contribution in [3.63, 3.8) is 0 Å². The summed E-state index contributed by atoms with van der Waals surface area (Å²) < 4.78 is 17.2. The van der Waals surface area contributed by atoms with Gasteiger partial charge < -0.3 is 24.8 Å². The summed E-state index contributed by atoms with van der Waals surface area (Å²) in [6, 6.07) is -1.27. The first kappa shape index (κ1) is 41.2. The van der Waals surface area contributed by atoms with Gasteiger partial charge >= 0.3 is 17.9 Å². The first-order valence-corrected chi connectivity index (χ1v) is 21.5. The summed E-state index contributed by atoms with van der Waals surface area (Å²) in [5.41, 5.74) is 0.357. The molecule has 296 valence electrons. The highest BCUT2D eigenvalue weighted by Crippen LogP contribution is 2.56. The molecule has 52 heavy (non-hydrogen) atoms. The summed E-state index contributed by atoms with van der Waals surface area (Å²) in [5, 5.41) is 6.95. The molecule has 0 amide bonds. The highest BCUT2D eigenvalue weighted by molar-refractivity contribution is 5.86. The number of esters is 3. The molecule has 0 heterocycles. The van der Waals surface area contributed by atoms with Gasteiger partial charge in [-0.1, -0.05) is 59.8 Å². The number of ketones is 1. The normalized spacial score (nSPS) is 33.2. The number of fused-ring (bicyclic) bond motifs is 4. The third-order valence-corrected chi connectivity index (χ3v) is 14.1. The van der Waals surface area contributed by atoms with Crippen LogP contribution in [-0.2, 0) is 33.4 Å². The molecule has 0 aromatic rings. The zero-order valence-corrected chi connectivity index (χ0v) is 33.2. The van der Waals surface area contributed by atoms with E-state index in [9.17, 15) is 19.2 Å². The lowest BCUT2D eigenvalue weighted by molar-refractivity contribution is -0.154. The number of carbonyl (C=O) groups excluding carboxylic acids is 4. The molecule has 0 aromatic heterocycles. The number of unbranched alkanes of at least 4 members (excludes halogenated alkanes) is 3. The Morgan fingerprint density at radius 3 is 1.65 bits per heavy atom. The fraction of sp³-hybridized carbons (Fsp3) is 0.907. The number of hydrogen-bond acceptors (Lipinski definition) is 9. The Kier molecular flexibility index (Phi) is 15.5. The molecule has 0 aromatic carbocycles. The standard InChI is InChI=1S/C43H72N2O7/c1-5-7-9-10-36(46)22-37(44-28-42(3)24-32-15-17-34(42)20-32)41(49)52-27-31-13-11-30(12-14-31)26-51-39(47)23-38(40(48)50-19-8-6-2)45-29-43(4)25-33-16-18-35(43)21-33/h30-35,37-38,44-45H,5-29H2,1-4H3. The van der Waals surface area contributed by atoms with E-state index < -0.39 is 12.1 Å². The number of carbonyl (C=O) groups is 4. The molecule has 5 rings (SSSR count). The molecule has 0 aliphatic heterocycles. The number of rotatable bonds is 23.